The molecule has 0 aliphatic carbocycles. The van der Waals surface area contributed by atoms with E-state index in [0.717, 1.165) is 5.75 Å². The first kappa shape index (κ1) is 12.0. The molecule has 6 heteroatoms. The zero-order valence-corrected chi connectivity index (χ0v) is 8.39. The van der Waals surface area contributed by atoms with E-state index < -0.39 is 10.2 Å². The van der Waals surface area contributed by atoms with E-state index in [4.69, 9.17) is 23.4 Å². The summed E-state index contributed by atoms with van der Waals surface area (Å²) in [6, 6.07) is 8.03. The Bertz CT molecular complexity index is 339. The van der Waals surface area contributed by atoms with Gasteiger partial charge in [0.25, 0.3) is 0 Å². The summed E-state index contributed by atoms with van der Waals surface area (Å²) < 4.78 is 38.1. The van der Waals surface area contributed by atoms with Crippen LogP contribution in [0.4, 0.5) is 0 Å². The first-order valence-electron chi connectivity index (χ1n) is 3.98. The van der Waals surface area contributed by atoms with Crippen molar-refractivity contribution >= 4 is 6.08 Å². The zero-order valence-electron chi connectivity index (χ0n) is 7.63. The second-order valence-corrected chi connectivity index (χ2v) is 3.44. The molecule has 1 aromatic carbocycles. The predicted molar refractivity (Wildman–Crippen MR) is 43.2 cm³/mol. The largest absolute Gasteiger partial charge is 0.489 e. The number of benzene rings is 1. The van der Waals surface area contributed by atoms with Gasteiger partial charge >= 0.3 is 0 Å². The predicted octanol–water partition coefficient (Wildman–Crippen LogP) is -2.03. The summed E-state index contributed by atoms with van der Waals surface area (Å²) in [5.41, 5.74) is 1.17. The van der Waals surface area contributed by atoms with Crippen LogP contribution in [0.2, 0.25) is 0 Å². The van der Waals surface area contributed by atoms with Crippen LogP contribution in [0.25, 0.3) is 6.08 Å². The fourth-order valence-corrected chi connectivity index (χ4v) is 1.06. The van der Waals surface area contributed by atoms with Crippen molar-refractivity contribution in [1.82, 2.24) is 0 Å². The van der Waals surface area contributed by atoms with Gasteiger partial charge in [0.1, 0.15) is 12.4 Å². The Morgan fingerprint density at radius 3 is 2.40 bits per heavy atom. The number of para-hydroxylation sites is 1. The molecule has 0 spiro atoms. The molecule has 0 unspecified atom stereocenters. The van der Waals surface area contributed by atoms with E-state index in [1.807, 2.05) is 30.3 Å². The minimum Gasteiger partial charge on any atom is -0.489 e. The molecule has 0 saturated heterocycles. The standard InChI is InChI=1S/C9H8O.ClHO4/c1-2-6-9-8(4-1)5-3-7-10-9;2-1(3,4)5/h1-6H,7H2;(H,2,3,4,5). The highest BCUT2D eigenvalue weighted by atomic mass is 35.7. The van der Waals surface area contributed by atoms with Gasteiger partial charge in [-0.1, -0.05) is 24.3 Å². The van der Waals surface area contributed by atoms with Gasteiger partial charge < -0.3 is 4.74 Å². The Morgan fingerprint density at radius 2 is 1.80 bits per heavy atom. The minimum atomic E-state index is -4.69. The summed E-state index contributed by atoms with van der Waals surface area (Å²) in [6.07, 6.45) is 4.10. The molecule has 82 valence electrons. The van der Waals surface area contributed by atoms with Crippen molar-refractivity contribution in [3.8, 4) is 5.75 Å². The van der Waals surface area contributed by atoms with Crippen LogP contribution in [0, 0.1) is 10.2 Å². The maximum Gasteiger partial charge on any atom is 0.126 e. The summed E-state index contributed by atoms with van der Waals surface area (Å²) in [5, 5.41) is 0. The Balaban J connectivity index is 0.000000195. The van der Waals surface area contributed by atoms with Gasteiger partial charge in [-0.05, 0) is 12.1 Å². The van der Waals surface area contributed by atoms with Gasteiger partial charge in [0, 0.05) is 5.56 Å². The molecule has 1 aliphatic rings. The molecule has 0 amide bonds. The third-order valence-corrected chi connectivity index (χ3v) is 1.55. The molecule has 2 rings (SSSR count). The Hall–Kier alpha value is -1.11. The van der Waals surface area contributed by atoms with E-state index in [-0.39, 0.29) is 0 Å². The summed E-state index contributed by atoms with van der Waals surface area (Å²) in [6.45, 7) is 0.705. The lowest BCUT2D eigenvalue weighted by molar-refractivity contribution is -1.92. The fraction of sp³-hybridized carbons (Fsp3) is 0.111. The highest BCUT2D eigenvalue weighted by molar-refractivity contribution is 5.58. The molecule has 1 aromatic rings. The van der Waals surface area contributed by atoms with Crippen molar-refractivity contribution in [1.29, 1.82) is 0 Å². The van der Waals surface area contributed by atoms with Crippen LogP contribution in [0.5, 0.6) is 5.75 Å². The minimum absolute atomic E-state index is 0.705. The van der Waals surface area contributed by atoms with Gasteiger partial charge in [-0.15, -0.1) is 0 Å². The number of hydrogen-bond donors (Lipinski definition) is 1. The molecule has 15 heavy (non-hydrogen) atoms. The summed E-state index contributed by atoms with van der Waals surface area (Å²) in [7, 11) is -4.69. The van der Waals surface area contributed by atoms with Crippen molar-refractivity contribution in [2.75, 3.05) is 6.61 Å². The van der Waals surface area contributed by atoms with Crippen LogP contribution in [0.15, 0.2) is 30.3 Å². The monoisotopic (exact) mass is 232 g/mol. The Kier molecular flexibility index (Phi) is 4.07. The average molecular weight is 233 g/mol. The van der Waals surface area contributed by atoms with E-state index in [1.54, 1.807) is 0 Å². The summed E-state index contributed by atoms with van der Waals surface area (Å²) in [5.74, 6) is 0.991. The molecular formula is C9H9ClO5. The van der Waals surface area contributed by atoms with Crippen molar-refractivity contribution in [2.24, 2.45) is 0 Å². The number of hydrogen-bond acceptors (Lipinski definition) is 5. The number of rotatable bonds is 0. The molecule has 5 nitrogen and oxygen atoms in total. The number of ether oxygens (including phenoxy) is 1. The van der Waals surface area contributed by atoms with Gasteiger partial charge in [-0.3, -0.25) is 0 Å². The van der Waals surface area contributed by atoms with E-state index in [9.17, 15) is 0 Å². The molecule has 1 heterocycles. The van der Waals surface area contributed by atoms with Gasteiger partial charge in [-0.2, -0.15) is 14.0 Å². The smallest absolute Gasteiger partial charge is 0.126 e. The molecule has 0 aromatic heterocycles. The van der Waals surface area contributed by atoms with E-state index >= 15 is 0 Å². The maximum absolute atomic E-state index is 8.60. The zero-order chi connectivity index (χ0) is 11.3. The van der Waals surface area contributed by atoms with Gasteiger partial charge in [-0.25, -0.2) is 0 Å². The third kappa shape index (κ3) is 5.36. The molecule has 0 fully saturated rings. The summed E-state index contributed by atoms with van der Waals surface area (Å²) in [4.78, 5) is 0. The average Bonchev–Trinajstić information content (AvgIpc) is 2.16. The van der Waals surface area contributed by atoms with Crippen molar-refractivity contribution in [3.63, 3.8) is 0 Å². The van der Waals surface area contributed by atoms with Crippen molar-refractivity contribution < 1.29 is 33.6 Å². The van der Waals surface area contributed by atoms with Crippen LogP contribution < -0.4 is 18.7 Å². The van der Waals surface area contributed by atoms with Crippen LogP contribution in [0.1, 0.15) is 5.56 Å². The van der Waals surface area contributed by atoms with E-state index in [2.05, 4.69) is 6.08 Å². The highest BCUT2D eigenvalue weighted by Gasteiger charge is 2.01. The SMILES string of the molecule is C1=Cc2ccccc2OC1.[O-][Cl+3]([O-])([O-])O. The lowest BCUT2D eigenvalue weighted by Crippen LogP contribution is -2.58. The van der Waals surface area contributed by atoms with E-state index in [1.165, 1.54) is 5.56 Å². The second-order valence-electron chi connectivity index (χ2n) is 2.65. The lowest BCUT2D eigenvalue weighted by Gasteiger charge is -2.10. The molecule has 0 saturated carbocycles. The molecule has 1 aliphatic heterocycles. The van der Waals surface area contributed by atoms with Crippen LogP contribution in [-0.4, -0.2) is 11.3 Å². The van der Waals surface area contributed by atoms with Crippen LogP contribution in [0.3, 0.4) is 0 Å². The van der Waals surface area contributed by atoms with Crippen molar-refractivity contribution in [3.05, 3.63) is 35.9 Å². The van der Waals surface area contributed by atoms with Crippen LogP contribution >= 0.6 is 0 Å². The molecule has 1 N–H and O–H groups in total. The second kappa shape index (κ2) is 5.11. The highest BCUT2D eigenvalue weighted by Crippen LogP contribution is 2.21. The van der Waals surface area contributed by atoms with Crippen LogP contribution in [-0.2, 0) is 0 Å². The Morgan fingerprint density at radius 1 is 1.20 bits per heavy atom. The van der Waals surface area contributed by atoms with Crippen molar-refractivity contribution in [2.45, 2.75) is 0 Å². The normalized spacial score (nSPS) is 13.3. The van der Waals surface area contributed by atoms with Gasteiger partial charge in [0.15, 0.2) is 0 Å². The third-order valence-electron chi connectivity index (χ3n) is 1.55. The van der Waals surface area contributed by atoms with E-state index in [0.29, 0.717) is 6.61 Å². The topological polar surface area (TPSA) is 98.6 Å². The molecule has 0 atom stereocenters. The molecule has 0 bridgehead atoms. The molecular weight excluding hydrogens is 224 g/mol. The summed E-state index contributed by atoms with van der Waals surface area (Å²) >= 11 is 0. The molecule has 0 radical (unpaired) electrons. The Labute approximate surface area is 88.6 Å². The first-order valence-corrected chi connectivity index (χ1v) is 5.25. The first-order chi connectivity index (χ1) is 6.97. The number of halogens is 1. The maximum atomic E-state index is 8.60. The van der Waals surface area contributed by atoms with Gasteiger partial charge in [0.2, 0.25) is 0 Å². The lowest BCUT2D eigenvalue weighted by atomic mass is 10.1. The van der Waals surface area contributed by atoms with Gasteiger partial charge in [0.05, 0.1) is 14.9 Å². The quantitative estimate of drug-likeness (QED) is 0.556. The fourth-order valence-electron chi connectivity index (χ4n) is 1.06. The number of fused-ring (bicyclic) bond motifs is 1.